The van der Waals surface area contributed by atoms with Gasteiger partial charge in [0.15, 0.2) is 0 Å². The van der Waals surface area contributed by atoms with Crippen molar-refractivity contribution in [3.63, 3.8) is 0 Å². The van der Waals surface area contributed by atoms with Crippen molar-refractivity contribution in [2.45, 2.75) is 6.42 Å². The summed E-state index contributed by atoms with van der Waals surface area (Å²) in [6.07, 6.45) is 3.84. The SMILES string of the molecule is COc1ncncc1C(=O)N1CCCNCC1. The monoisotopic (exact) mass is 236 g/mol. The fourth-order valence-electron chi connectivity index (χ4n) is 1.85. The third-order valence-electron chi connectivity index (χ3n) is 2.73. The molecular formula is C11H16N4O2. The van der Waals surface area contributed by atoms with Crippen LogP contribution < -0.4 is 10.1 Å². The molecule has 1 fully saturated rings. The molecule has 0 unspecified atom stereocenters. The molecule has 0 radical (unpaired) electrons. The lowest BCUT2D eigenvalue weighted by Gasteiger charge is -2.20. The molecule has 1 aliphatic rings. The maximum atomic E-state index is 12.3. The standard InChI is InChI=1S/C11H16N4O2/c1-17-10-9(7-13-8-14-10)11(16)15-5-2-3-12-4-6-15/h7-8,12H,2-6H2,1H3. The molecule has 1 aromatic rings. The summed E-state index contributed by atoms with van der Waals surface area (Å²) in [5.74, 6) is 0.272. The molecule has 2 rings (SSSR count). The van der Waals surface area contributed by atoms with Crippen molar-refractivity contribution in [1.82, 2.24) is 20.2 Å². The van der Waals surface area contributed by atoms with Crippen molar-refractivity contribution in [3.8, 4) is 5.88 Å². The van der Waals surface area contributed by atoms with Gasteiger partial charge in [-0.1, -0.05) is 0 Å². The van der Waals surface area contributed by atoms with E-state index in [1.54, 1.807) is 4.90 Å². The largest absolute Gasteiger partial charge is 0.480 e. The topological polar surface area (TPSA) is 67.4 Å². The van der Waals surface area contributed by atoms with Crippen LogP contribution in [-0.4, -0.2) is 54.1 Å². The number of amides is 1. The van der Waals surface area contributed by atoms with Crippen molar-refractivity contribution >= 4 is 5.91 Å². The Morgan fingerprint density at radius 3 is 3.18 bits per heavy atom. The fraction of sp³-hybridized carbons (Fsp3) is 0.545. The molecule has 0 aliphatic carbocycles. The van der Waals surface area contributed by atoms with Crippen molar-refractivity contribution < 1.29 is 9.53 Å². The molecule has 0 atom stereocenters. The Morgan fingerprint density at radius 1 is 1.47 bits per heavy atom. The van der Waals surface area contributed by atoms with E-state index in [1.807, 2.05) is 0 Å². The van der Waals surface area contributed by atoms with E-state index in [1.165, 1.54) is 19.6 Å². The third kappa shape index (κ3) is 2.71. The van der Waals surface area contributed by atoms with E-state index in [2.05, 4.69) is 15.3 Å². The number of carbonyl (C=O) groups excluding carboxylic acids is 1. The summed E-state index contributed by atoms with van der Waals surface area (Å²) in [5, 5.41) is 3.26. The summed E-state index contributed by atoms with van der Waals surface area (Å²) in [6.45, 7) is 3.23. The Morgan fingerprint density at radius 2 is 2.35 bits per heavy atom. The van der Waals surface area contributed by atoms with Crippen LogP contribution >= 0.6 is 0 Å². The summed E-state index contributed by atoms with van der Waals surface area (Å²) in [6, 6.07) is 0. The number of nitrogens with one attached hydrogen (secondary N) is 1. The molecule has 1 aliphatic heterocycles. The number of nitrogens with zero attached hydrogens (tertiary/aromatic N) is 3. The van der Waals surface area contributed by atoms with E-state index in [0.29, 0.717) is 18.0 Å². The van der Waals surface area contributed by atoms with Gasteiger partial charge in [0.05, 0.1) is 7.11 Å². The van der Waals surface area contributed by atoms with E-state index in [9.17, 15) is 4.79 Å². The zero-order valence-electron chi connectivity index (χ0n) is 9.85. The average molecular weight is 236 g/mol. The van der Waals surface area contributed by atoms with Gasteiger partial charge in [-0.05, 0) is 13.0 Å². The van der Waals surface area contributed by atoms with E-state index >= 15 is 0 Å². The predicted octanol–water partition coefficient (Wildman–Crippen LogP) is -0.0793. The van der Waals surface area contributed by atoms with E-state index in [-0.39, 0.29) is 5.91 Å². The molecule has 0 spiro atoms. The zero-order chi connectivity index (χ0) is 12.1. The fourth-order valence-corrected chi connectivity index (χ4v) is 1.85. The van der Waals surface area contributed by atoms with Crippen molar-refractivity contribution in [1.29, 1.82) is 0 Å². The molecule has 6 nitrogen and oxygen atoms in total. The quantitative estimate of drug-likeness (QED) is 0.778. The summed E-state index contributed by atoms with van der Waals surface area (Å²) in [7, 11) is 1.50. The normalized spacial score (nSPS) is 16.4. The van der Waals surface area contributed by atoms with Crippen LogP contribution in [0.4, 0.5) is 0 Å². The summed E-state index contributed by atoms with van der Waals surface area (Å²) in [5.41, 5.74) is 0.428. The second-order valence-corrected chi connectivity index (χ2v) is 3.84. The molecule has 1 amide bonds. The second-order valence-electron chi connectivity index (χ2n) is 3.84. The molecule has 0 aromatic carbocycles. The van der Waals surface area contributed by atoms with Crippen LogP contribution in [0.25, 0.3) is 0 Å². The highest BCUT2D eigenvalue weighted by atomic mass is 16.5. The van der Waals surface area contributed by atoms with Crippen LogP contribution in [0.3, 0.4) is 0 Å². The average Bonchev–Trinajstić information content (AvgIpc) is 2.66. The molecule has 1 saturated heterocycles. The highest BCUT2D eigenvalue weighted by molar-refractivity contribution is 5.96. The van der Waals surface area contributed by atoms with Crippen molar-refractivity contribution in [3.05, 3.63) is 18.1 Å². The van der Waals surface area contributed by atoms with Gasteiger partial charge in [-0.3, -0.25) is 4.79 Å². The van der Waals surface area contributed by atoms with Gasteiger partial charge >= 0.3 is 0 Å². The lowest BCUT2D eigenvalue weighted by Crippen LogP contribution is -2.34. The van der Waals surface area contributed by atoms with Gasteiger partial charge in [-0.25, -0.2) is 9.97 Å². The van der Waals surface area contributed by atoms with Gasteiger partial charge < -0.3 is 15.0 Å². The summed E-state index contributed by atoms with van der Waals surface area (Å²) in [4.78, 5) is 21.9. The van der Waals surface area contributed by atoms with Crippen LogP contribution in [0.5, 0.6) is 5.88 Å². The molecular weight excluding hydrogens is 220 g/mol. The molecule has 17 heavy (non-hydrogen) atoms. The molecule has 0 bridgehead atoms. The van der Waals surface area contributed by atoms with E-state index < -0.39 is 0 Å². The van der Waals surface area contributed by atoms with Gasteiger partial charge in [0.1, 0.15) is 11.9 Å². The predicted molar refractivity (Wildman–Crippen MR) is 62.0 cm³/mol. The number of carbonyl (C=O) groups is 1. The number of rotatable bonds is 2. The highest BCUT2D eigenvalue weighted by Crippen LogP contribution is 2.15. The molecule has 6 heteroatoms. The Kier molecular flexibility index (Phi) is 3.87. The number of ether oxygens (including phenoxy) is 1. The Hall–Kier alpha value is -1.69. The first kappa shape index (κ1) is 11.8. The second kappa shape index (κ2) is 5.58. The van der Waals surface area contributed by atoms with Gasteiger partial charge in [0.2, 0.25) is 5.88 Å². The first-order chi connectivity index (χ1) is 8.33. The zero-order valence-corrected chi connectivity index (χ0v) is 9.85. The van der Waals surface area contributed by atoms with Gasteiger partial charge in [-0.2, -0.15) is 0 Å². The molecule has 1 N–H and O–H groups in total. The van der Waals surface area contributed by atoms with Gasteiger partial charge in [0.25, 0.3) is 5.91 Å². The minimum absolute atomic E-state index is 0.0637. The maximum Gasteiger partial charge on any atom is 0.260 e. The third-order valence-corrected chi connectivity index (χ3v) is 2.73. The van der Waals surface area contributed by atoms with E-state index in [0.717, 1.165) is 26.1 Å². The molecule has 0 saturated carbocycles. The van der Waals surface area contributed by atoms with Crippen LogP contribution in [0.2, 0.25) is 0 Å². The van der Waals surface area contributed by atoms with Crippen molar-refractivity contribution in [2.75, 3.05) is 33.3 Å². The molecule has 92 valence electrons. The molecule has 2 heterocycles. The Balaban J connectivity index is 2.17. The van der Waals surface area contributed by atoms with Crippen LogP contribution in [0.15, 0.2) is 12.5 Å². The summed E-state index contributed by atoms with van der Waals surface area (Å²) >= 11 is 0. The van der Waals surface area contributed by atoms with Crippen LogP contribution in [-0.2, 0) is 0 Å². The Bertz CT molecular complexity index is 389. The molecule has 1 aromatic heterocycles. The minimum atomic E-state index is -0.0637. The number of hydrogen-bond acceptors (Lipinski definition) is 5. The maximum absolute atomic E-state index is 12.3. The number of hydrogen-bond donors (Lipinski definition) is 1. The highest BCUT2D eigenvalue weighted by Gasteiger charge is 2.21. The lowest BCUT2D eigenvalue weighted by atomic mass is 10.2. The first-order valence-corrected chi connectivity index (χ1v) is 5.67. The number of methoxy groups -OCH3 is 1. The lowest BCUT2D eigenvalue weighted by molar-refractivity contribution is 0.0761. The Labute approximate surface area is 100 Å². The first-order valence-electron chi connectivity index (χ1n) is 5.67. The summed E-state index contributed by atoms with van der Waals surface area (Å²) < 4.78 is 5.07. The smallest absolute Gasteiger partial charge is 0.260 e. The van der Waals surface area contributed by atoms with Crippen LogP contribution in [0, 0.1) is 0 Å². The minimum Gasteiger partial charge on any atom is -0.480 e. The van der Waals surface area contributed by atoms with Gasteiger partial charge in [-0.15, -0.1) is 0 Å². The van der Waals surface area contributed by atoms with E-state index in [4.69, 9.17) is 4.74 Å². The van der Waals surface area contributed by atoms with Crippen molar-refractivity contribution in [2.24, 2.45) is 0 Å². The van der Waals surface area contributed by atoms with Gasteiger partial charge in [0, 0.05) is 25.8 Å². The number of aromatic nitrogens is 2. The van der Waals surface area contributed by atoms with Crippen LogP contribution in [0.1, 0.15) is 16.8 Å².